The molecule has 1 atom stereocenters. The molecule has 0 heterocycles. The van der Waals surface area contributed by atoms with E-state index in [1.807, 2.05) is 0 Å². The fraction of sp³-hybridized carbons (Fsp3) is 0.308. The van der Waals surface area contributed by atoms with Crippen molar-refractivity contribution in [3.63, 3.8) is 0 Å². The minimum atomic E-state index is -1.36. The van der Waals surface area contributed by atoms with Gasteiger partial charge >= 0.3 is 0 Å². The highest BCUT2D eigenvalue weighted by molar-refractivity contribution is 5.91. The van der Waals surface area contributed by atoms with Crippen molar-refractivity contribution in [2.45, 2.75) is 12.5 Å². The van der Waals surface area contributed by atoms with Crippen molar-refractivity contribution >= 4 is 12.0 Å². The number of halogens is 1. The molecule has 0 saturated carbocycles. The van der Waals surface area contributed by atoms with Crippen molar-refractivity contribution in [1.82, 2.24) is 5.32 Å². The Balaban J connectivity index is 2.53. The Morgan fingerprint density at radius 1 is 1.50 bits per heavy atom. The van der Waals surface area contributed by atoms with Gasteiger partial charge in [0.05, 0.1) is 6.61 Å². The number of carbonyl (C=O) groups is 1. The molecule has 0 aliphatic rings. The molecule has 0 saturated heterocycles. The molecule has 0 spiro atoms. The van der Waals surface area contributed by atoms with Crippen LogP contribution in [-0.2, 0) is 4.79 Å². The number of nitrogens with one attached hydrogen (secondary N) is 1. The third kappa shape index (κ3) is 4.65. The summed E-state index contributed by atoms with van der Waals surface area (Å²) in [5.74, 6) is -0.879. The average Bonchev–Trinajstić information content (AvgIpc) is 2.35. The van der Waals surface area contributed by atoms with Gasteiger partial charge in [-0.2, -0.15) is 0 Å². The zero-order valence-electron chi connectivity index (χ0n) is 10.1. The number of carbonyl (C=O) groups excluding carboxylic acids is 1. The normalized spacial score (nSPS) is 14.4. The van der Waals surface area contributed by atoms with Gasteiger partial charge < -0.3 is 15.5 Å². The highest BCUT2D eigenvalue weighted by atomic mass is 19.1. The molecule has 0 radical (unpaired) electrons. The molecule has 1 aromatic rings. The number of rotatable bonds is 5. The number of aliphatic hydroxyl groups is 2. The van der Waals surface area contributed by atoms with Crippen LogP contribution in [0.4, 0.5) is 4.39 Å². The van der Waals surface area contributed by atoms with Crippen molar-refractivity contribution in [3.8, 4) is 0 Å². The van der Waals surface area contributed by atoms with Gasteiger partial charge in [-0.1, -0.05) is 18.2 Å². The molecule has 0 aliphatic heterocycles. The van der Waals surface area contributed by atoms with Crippen LogP contribution in [0.1, 0.15) is 12.5 Å². The monoisotopic (exact) mass is 253 g/mol. The van der Waals surface area contributed by atoms with Gasteiger partial charge in [0.1, 0.15) is 11.4 Å². The Morgan fingerprint density at radius 2 is 2.17 bits per heavy atom. The number of hydrogen-bond donors (Lipinski definition) is 3. The van der Waals surface area contributed by atoms with E-state index in [0.717, 1.165) is 0 Å². The molecule has 1 amide bonds. The van der Waals surface area contributed by atoms with Crippen LogP contribution < -0.4 is 5.32 Å². The van der Waals surface area contributed by atoms with E-state index in [-0.39, 0.29) is 6.54 Å². The van der Waals surface area contributed by atoms with Crippen molar-refractivity contribution in [1.29, 1.82) is 0 Å². The zero-order chi connectivity index (χ0) is 13.6. The summed E-state index contributed by atoms with van der Waals surface area (Å²) in [6.45, 7) is 0.863. The average molecular weight is 253 g/mol. The van der Waals surface area contributed by atoms with Gasteiger partial charge in [-0.25, -0.2) is 4.39 Å². The number of amides is 1. The summed E-state index contributed by atoms with van der Waals surface area (Å²) in [4.78, 5) is 11.4. The molecule has 18 heavy (non-hydrogen) atoms. The molecule has 3 N–H and O–H groups in total. The Labute approximate surface area is 105 Å². The lowest BCUT2D eigenvalue weighted by atomic mass is 10.1. The fourth-order valence-corrected chi connectivity index (χ4v) is 1.17. The maximum absolute atomic E-state index is 13.2. The summed E-state index contributed by atoms with van der Waals surface area (Å²) < 4.78 is 13.2. The third-order valence-electron chi connectivity index (χ3n) is 2.30. The third-order valence-corrected chi connectivity index (χ3v) is 2.30. The first kappa shape index (κ1) is 14.3. The van der Waals surface area contributed by atoms with Crippen LogP contribution >= 0.6 is 0 Å². The first-order valence-corrected chi connectivity index (χ1v) is 5.48. The van der Waals surface area contributed by atoms with Crippen LogP contribution in [0.3, 0.4) is 0 Å². The standard InChI is InChI=1S/C13H16FNO3/c1-13(18,9-16)8-15-12(17)7-6-10-4-2-3-5-11(10)14/h2-7,16,18H,8-9H2,1H3,(H,15,17). The molecule has 0 aliphatic carbocycles. The van der Waals surface area contributed by atoms with E-state index in [9.17, 15) is 14.3 Å². The van der Waals surface area contributed by atoms with E-state index >= 15 is 0 Å². The summed E-state index contributed by atoms with van der Waals surface area (Å²) in [6, 6.07) is 6.07. The fourth-order valence-electron chi connectivity index (χ4n) is 1.17. The smallest absolute Gasteiger partial charge is 0.244 e. The predicted octanol–water partition coefficient (Wildman–Crippen LogP) is 0.698. The molecule has 0 fully saturated rings. The maximum Gasteiger partial charge on any atom is 0.244 e. The first-order valence-electron chi connectivity index (χ1n) is 5.48. The van der Waals surface area contributed by atoms with Crippen LogP contribution in [0.25, 0.3) is 6.08 Å². The minimum Gasteiger partial charge on any atom is -0.393 e. The van der Waals surface area contributed by atoms with Gasteiger partial charge in [0.2, 0.25) is 5.91 Å². The van der Waals surface area contributed by atoms with Gasteiger partial charge in [0, 0.05) is 18.2 Å². The molecule has 0 bridgehead atoms. The van der Waals surface area contributed by atoms with E-state index in [2.05, 4.69) is 5.32 Å². The molecule has 1 aromatic carbocycles. The second-order valence-corrected chi connectivity index (χ2v) is 4.23. The van der Waals surface area contributed by atoms with Crippen LogP contribution in [0.5, 0.6) is 0 Å². The maximum atomic E-state index is 13.2. The highest BCUT2D eigenvalue weighted by Crippen LogP contribution is 2.07. The largest absolute Gasteiger partial charge is 0.393 e. The summed E-state index contributed by atoms with van der Waals surface area (Å²) in [7, 11) is 0. The lowest BCUT2D eigenvalue weighted by Crippen LogP contribution is -2.42. The zero-order valence-corrected chi connectivity index (χ0v) is 10.1. The molecule has 5 heteroatoms. The summed E-state index contributed by atoms with van der Waals surface area (Å²) in [5.41, 5.74) is -1.05. The summed E-state index contributed by atoms with van der Waals surface area (Å²) >= 11 is 0. The van der Waals surface area contributed by atoms with Crippen molar-refractivity contribution in [2.24, 2.45) is 0 Å². The summed E-state index contributed by atoms with van der Waals surface area (Å²) in [5, 5.41) is 20.6. The summed E-state index contributed by atoms with van der Waals surface area (Å²) in [6.07, 6.45) is 2.52. The minimum absolute atomic E-state index is 0.0794. The number of benzene rings is 1. The second-order valence-electron chi connectivity index (χ2n) is 4.23. The van der Waals surface area contributed by atoms with E-state index in [4.69, 9.17) is 5.11 Å². The second kappa shape index (κ2) is 6.28. The molecular weight excluding hydrogens is 237 g/mol. The molecule has 1 unspecified atom stereocenters. The van der Waals surface area contributed by atoms with Gasteiger partial charge in [-0.3, -0.25) is 4.79 Å². The van der Waals surface area contributed by atoms with Gasteiger partial charge in [0.15, 0.2) is 0 Å². The van der Waals surface area contributed by atoms with Crippen molar-refractivity contribution < 1.29 is 19.4 Å². The lowest BCUT2D eigenvalue weighted by Gasteiger charge is -2.19. The number of hydrogen-bond acceptors (Lipinski definition) is 3. The molecular formula is C13H16FNO3. The Kier molecular flexibility index (Phi) is 5.00. The van der Waals surface area contributed by atoms with Crippen LogP contribution in [-0.4, -0.2) is 34.9 Å². The number of aliphatic hydroxyl groups excluding tert-OH is 1. The molecule has 1 rings (SSSR count). The highest BCUT2D eigenvalue weighted by Gasteiger charge is 2.18. The first-order chi connectivity index (χ1) is 8.44. The van der Waals surface area contributed by atoms with E-state index < -0.39 is 23.9 Å². The van der Waals surface area contributed by atoms with Crippen molar-refractivity contribution in [3.05, 3.63) is 41.7 Å². The van der Waals surface area contributed by atoms with Gasteiger partial charge in [0.25, 0.3) is 0 Å². The molecule has 0 aromatic heterocycles. The molecule has 4 nitrogen and oxygen atoms in total. The Hall–Kier alpha value is -1.72. The predicted molar refractivity (Wildman–Crippen MR) is 66.2 cm³/mol. The molecule has 98 valence electrons. The van der Waals surface area contributed by atoms with E-state index in [0.29, 0.717) is 5.56 Å². The van der Waals surface area contributed by atoms with Gasteiger partial charge in [-0.15, -0.1) is 0 Å². The quantitative estimate of drug-likeness (QED) is 0.676. The van der Waals surface area contributed by atoms with Crippen LogP contribution in [0.15, 0.2) is 30.3 Å². The Bertz CT molecular complexity index is 444. The van der Waals surface area contributed by atoms with E-state index in [1.165, 1.54) is 25.1 Å². The lowest BCUT2D eigenvalue weighted by molar-refractivity contribution is -0.117. The topological polar surface area (TPSA) is 69.6 Å². The Morgan fingerprint density at radius 3 is 2.78 bits per heavy atom. The SMILES string of the molecule is CC(O)(CO)CNC(=O)C=Cc1ccccc1F. The van der Waals surface area contributed by atoms with Crippen LogP contribution in [0, 0.1) is 5.82 Å². The van der Waals surface area contributed by atoms with Gasteiger partial charge in [-0.05, 0) is 19.1 Å². The van der Waals surface area contributed by atoms with E-state index in [1.54, 1.807) is 18.2 Å². The van der Waals surface area contributed by atoms with Crippen molar-refractivity contribution in [2.75, 3.05) is 13.2 Å². The van der Waals surface area contributed by atoms with Crippen LogP contribution in [0.2, 0.25) is 0 Å².